The van der Waals surface area contributed by atoms with E-state index >= 15 is 0 Å². The molecule has 0 fully saturated rings. The van der Waals surface area contributed by atoms with Crippen molar-refractivity contribution in [1.82, 2.24) is 15.2 Å². The Morgan fingerprint density at radius 2 is 2.33 bits per heavy atom. The van der Waals surface area contributed by atoms with Crippen LogP contribution in [0.5, 0.6) is 0 Å². The molecule has 0 atom stereocenters. The van der Waals surface area contributed by atoms with Crippen molar-refractivity contribution in [1.29, 1.82) is 0 Å². The Bertz CT molecular complexity index is 323. The fraction of sp³-hybridized carbons (Fsp3) is 0.500. The first-order chi connectivity index (χ1) is 7.22. The Morgan fingerprint density at radius 1 is 1.53 bits per heavy atom. The van der Waals surface area contributed by atoms with E-state index in [1.54, 1.807) is 0 Å². The van der Waals surface area contributed by atoms with Gasteiger partial charge in [-0.25, -0.2) is 5.10 Å². The third-order valence-electron chi connectivity index (χ3n) is 1.69. The van der Waals surface area contributed by atoms with Gasteiger partial charge in [0.15, 0.2) is 0 Å². The molecule has 0 saturated heterocycles. The lowest BCUT2D eigenvalue weighted by Gasteiger charge is -2.00. The van der Waals surface area contributed by atoms with Gasteiger partial charge in [-0.3, -0.25) is 14.9 Å². The second kappa shape index (κ2) is 5.74. The van der Waals surface area contributed by atoms with Gasteiger partial charge in [0.05, 0.1) is 7.11 Å². The summed E-state index contributed by atoms with van der Waals surface area (Å²) in [6, 6.07) is 0. The van der Waals surface area contributed by atoms with Crippen LogP contribution < -0.4 is 5.32 Å². The van der Waals surface area contributed by atoms with Gasteiger partial charge in [0.25, 0.3) is 0 Å². The minimum Gasteiger partial charge on any atom is -0.469 e. The number of H-pyrrole nitrogens is 1. The fourth-order valence-electron chi connectivity index (χ4n) is 0.956. The Kier molecular flexibility index (Phi) is 4.27. The molecule has 0 saturated carbocycles. The number of ether oxygens (including phenoxy) is 1. The number of anilines is 1. The lowest BCUT2D eigenvalue weighted by Crippen LogP contribution is -2.13. The van der Waals surface area contributed by atoms with Crippen molar-refractivity contribution in [3.63, 3.8) is 0 Å². The summed E-state index contributed by atoms with van der Waals surface area (Å²) in [6.45, 7) is 0. The number of nitrogens with one attached hydrogen (secondary N) is 2. The van der Waals surface area contributed by atoms with Crippen LogP contribution in [-0.2, 0) is 14.3 Å². The van der Waals surface area contributed by atoms with Gasteiger partial charge in [-0.15, -0.1) is 0 Å². The number of carbonyl (C=O) groups excluding carboxylic acids is 2. The maximum absolute atomic E-state index is 11.2. The van der Waals surface area contributed by atoms with Crippen LogP contribution >= 0.6 is 0 Å². The highest BCUT2D eigenvalue weighted by atomic mass is 16.5. The first-order valence-electron chi connectivity index (χ1n) is 4.44. The molecule has 0 aliphatic rings. The highest BCUT2D eigenvalue weighted by Gasteiger charge is 2.06. The van der Waals surface area contributed by atoms with Crippen LogP contribution in [0.15, 0.2) is 6.33 Å². The molecule has 1 aromatic heterocycles. The third kappa shape index (κ3) is 4.21. The average Bonchev–Trinajstić information content (AvgIpc) is 2.70. The molecule has 15 heavy (non-hydrogen) atoms. The molecule has 7 heteroatoms. The van der Waals surface area contributed by atoms with Crippen molar-refractivity contribution < 1.29 is 14.3 Å². The van der Waals surface area contributed by atoms with Crippen LogP contribution in [0.2, 0.25) is 0 Å². The molecule has 82 valence electrons. The van der Waals surface area contributed by atoms with Crippen LogP contribution in [0.4, 0.5) is 5.95 Å². The van der Waals surface area contributed by atoms with Crippen molar-refractivity contribution >= 4 is 17.8 Å². The summed E-state index contributed by atoms with van der Waals surface area (Å²) < 4.78 is 4.44. The standard InChI is InChI=1S/C8H12N4O3/c1-15-7(14)4-2-3-6(13)11-8-9-5-10-12-8/h5H,2-4H2,1H3,(H2,9,10,11,12,13). The van der Waals surface area contributed by atoms with Crippen molar-refractivity contribution in [2.45, 2.75) is 19.3 Å². The SMILES string of the molecule is COC(=O)CCCC(=O)Nc1ncn[nH]1. The number of esters is 1. The van der Waals surface area contributed by atoms with E-state index in [2.05, 4.69) is 25.2 Å². The van der Waals surface area contributed by atoms with Gasteiger partial charge in [-0.2, -0.15) is 10.1 Å². The Hall–Kier alpha value is -1.92. The van der Waals surface area contributed by atoms with E-state index in [0.717, 1.165) is 0 Å². The Balaban J connectivity index is 2.17. The maximum atomic E-state index is 11.2. The van der Waals surface area contributed by atoms with E-state index in [1.807, 2.05) is 0 Å². The van der Waals surface area contributed by atoms with Gasteiger partial charge in [0.2, 0.25) is 11.9 Å². The minimum absolute atomic E-state index is 0.212. The molecule has 0 spiro atoms. The molecule has 2 N–H and O–H groups in total. The second-order valence-electron chi connectivity index (χ2n) is 2.81. The predicted octanol–water partition coefficient (Wildman–Crippen LogP) is 0.0865. The zero-order chi connectivity index (χ0) is 11.1. The molecular weight excluding hydrogens is 200 g/mol. The molecule has 7 nitrogen and oxygen atoms in total. The number of rotatable bonds is 5. The second-order valence-corrected chi connectivity index (χ2v) is 2.81. The fourth-order valence-corrected chi connectivity index (χ4v) is 0.956. The van der Waals surface area contributed by atoms with Gasteiger partial charge in [-0.05, 0) is 6.42 Å². The first kappa shape index (κ1) is 11.2. The van der Waals surface area contributed by atoms with E-state index in [9.17, 15) is 9.59 Å². The number of nitrogens with zero attached hydrogens (tertiary/aromatic N) is 2. The molecule has 1 aromatic rings. The van der Waals surface area contributed by atoms with Crippen LogP contribution in [-0.4, -0.2) is 34.2 Å². The summed E-state index contributed by atoms with van der Waals surface area (Å²) >= 11 is 0. The number of hydrogen-bond donors (Lipinski definition) is 2. The molecule has 1 amide bonds. The molecule has 0 bridgehead atoms. The smallest absolute Gasteiger partial charge is 0.305 e. The highest BCUT2D eigenvalue weighted by Crippen LogP contribution is 2.00. The maximum Gasteiger partial charge on any atom is 0.305 e. The van der Waals surface area contributed by atoms with Gasteiger partial charge in [0.1, 0.15) is 6.33 Å². The van der Waals surface area contributed by atoms with Gasteiger partial charge in [-0.1, -0.05) is 0 Å². The Morgan fingerprint density at radius 3 is 2.93 bits per heavy atom. The topological polar surface area (TPSA) is 97.0 Å². The van der Waals surface area contributed by atoms with Crippen molar-refractivity contribution in [3.05, 3.63) is 6.33 Å². The summed E-state index contributed by atoms with van der Waals surface area (Å²) in [5.41, 5.74) is 0. The molecule has 1 heterocycles. The lowest BCUT2D eigenvalue weighted by molar-refractivity contribution is -0.140. The number of aromatic nitrogens is 3. The van der Waals surface area contributed by atoms with E-state index in [1.165, 1.54) is 13.4 Å². The van der Waals surface area contributed by atoms with Crippen molar-refractivity contribution in [3.8, 4) is 0 Å². The molecule has 0 aliphatic heterocycles. The van der Waals surface area contributed by atoms with Gasteiger partial charge >= 0.3 is 5.97 Å². The zero-order valence-corrected chi connectivity index (χ0v) is 8.32. The third-order valence-corrected chi connectivity index (χ3v) is 1.69. The van der Waals surface area contributed by atoms with Gasteiger partial charge < -0.3 is 4.74 Å². The number of amides is 1. The quantitative estimate of drug-likeness (QED) is 0.674. The highest BCUT2D eigenvalue weighted by molar-refractivity contribution is 5.89. The summed E-state index contributed by atoms with van der Waals surface area (Å²) in [4.78, 5) is 25.7. The number of hydrogen-bond acceptors (Lipinski definition) is 5. The van der Waals surface area contributed by atoms with Crippen LogP contribution in [0.3, 0.4) is 0 Å². The van der Waals surface area contributed by atoms with Crippen molar-refractivity contribution in [2.24, 2.45) is 0 Å². The average molecular weight is 212 g/mol. The summed E-state index contributed by atoms with van der Waals surface area (Å²) in [5, 5.41) is 8.56. The molecular formula is C8H12N4O3. The molecule has 1 rings (SSSR count). The van der Waals surface area contributed by atoms with Crippen LogP contribution in [0, 0.1) is 0 Å². The van der Waals surface area contributed by atoms with E-state index < -0.39 is 0 Å². The summed E-state index contributed by atoms with van der Waals surface area (Å²) in [7, 11) is 1.32. The molecule has 0 radical (unpaired) electrons. The van der Waals surface area contributed by atoms with Crippen LogP contribution in [0.25, 0.3) is 0 Å². The molecule has 0 aromatic carbocycles. The first-order valence-corrected chi connectivity index (χ1v) is 4.44. The minimum atomic E-state index is -0.317. The summed E-state index contributed by atoms with van der Waals surface area (Å²) in [5.74, 6) is -0.226. The predicted molar refractivity (Wildman–Crippen MR) is 50.9 cm³/mol. The van der Waals surface area contributed by atoms with Crippen molar-refractivity contribution in [2.75, 3.05) is 12.4 Å². The summed E-state index contributed by atoms with van der Waals surface area (Å²) in [6.07, 6.45) is 2.23. The number of carbonyl (C=O) groups is 2. The van der Waals surface area contributed by atoms with Crippen LogP contribution in [0.1, 0.15) is 19.3 Å². The molecule has 0 unspecified atom stereocenters. The van der Waals surface area contributed by atoms with Gasteiger partial charge in [0, 0.05) is 12.8 Å². The zero-order valence-electron chi connectivity index (χ0n) is 8.32. The normalized spacial score (nSPS) is 9.67. The lowest BCUT2D eigenvalue weighted by atomic mass is 10.2. The molecule has 0 aliphatic carbocycles. The van der Waals surface area contributed by atoms with E-state index in [4.69, 9.17) is 0 Å². The number of methoxy groups -OCH3 is 1. The van der Waals surface area contributed by atoms with E-state index in [0.29, 0.717) is 12.4 Å². The largest absolute Gasteiger partial charge is 0.469 e. The Labute approximate surface area is 86.2 Å². The van der Waals surface area contributed by atoms with E-state index in [-0.39, 0.29) is 24.7 Å². The monoisotopic (exact) mass is 212 g/mol. The number of aromatic amines is 1.